The first kappa shape index (κ1) is 14.7. The molecule has 2 heteroatoms. The molecule has 1 aromatic carbocycles. The van der Waals surface area contributed by atoms with E-state index in [9.17, 15) is 4.79 Å². The maximum absolute atomic E-state index is 10.9. The lowest BCUT2D eigenvalue weighted by Crippen LogP contribution is -2.14. The Bertz CT molecular complexity index is 396. The van der Waals surface area contributed by atoms with Crippen LogP contribution in [-0.4, -0.2) is 11.1 Å². The summed E-state index contributed by atoms with van der Waals surface area (Å²) >= 11 is 0. The number of hydrogen-bond acceptors (Lipinski definition) is 1. The molecule has 0 aromatic heterocycles. The predicted molar refractivity (Wildman–Crippen MR) is 75.0 cm³/mol. The van der Waals surface area contributed by atoms with E-state index in [0.717, 1.165) is 5.56 Å². The van der Waals surface area contributed by atoms with Crippen LogP contribution in [0, 0.1) is 5.92 Å². The van der Waals surface area contributed by atoms with Gasteiger partial charge in [0, 0.05) is 0 Å². The van der Waals surface area contributed by atoms with Crippen LogP contribution in [0.1, 0.15) is 58.1 Å². The Kier molecular flexibility index (Phi) is 4.55. The molecular weight excluding hydrogens is 224 g/mol. The van der Waals surface area contributed by atoms with E-state index in [-0.39, 0.29) is 17.8 Å². The van der Waals surface area contributed by atoms with Crippen LogP contribution in [0.25, 0.3) is 0 Å². The fourth-order valence-electron chi connectivity index (χ4n) is 2.16. The second-order valence-corrected chi connectivity index (χ2v) is 6.32. The average molecular weight is 248 g/mol. The zero-order chi connectivity index (χ0) is 13.9. The molecule has 0 spiro atoms. The lowest BCUT2D eigenvalue weighted by Gasteiger charge is -2.23. The van der Waals surface area contributed by atoms with Gasteiger partial charge in [-0.3, -0.25) is 4.79 Å². The minimum absolute atomic E-state index is 0.0940. The summed E-state index contributed by atoms with van der Waals surface area (Å²) in [6.45, 7) is 10.7. The predicted octanol–water partition coefficient (Wildman–Crippen LogP) is 4.20. The number of aliphatic carboxylic acids is 1. The zero-order valence-corrected chi connectivity index (χ0v) is 12.0. The normalized spacial score (nSPS) is 13.7. The van der Waals surface area contributed by atoms with Crippen LogP contribution in [0.2, 0.25) is 0 Å². The van der Waals surface area contributed by atoms with Crippen LogP contribution >= 0.6 is 0 Å². The third kappa shape index (κ3) is 3.86. The van der Waals surface area contributed by atoms with Crippen molar-refractivity contribution < 1.29 is 9.90 Å². The maximum Gasteiger partial charge on any atom is 0.303 e. The van der Waals surface area contributed by atoms with Crippen LogP contribution in [0.15, 0.2) is 24.3 Å². The minimum atomic E-state index is -0.728. The first-order chi connectivity index (χ1) is 8.21. The fraction of sp³-hybridized carbons (Fsp3) is 0.562. The van der Waals surface area contributed by atoms with E-state index in [1.165, 1.54) is 5.56 Å². The van der Waals surface area contributed by atoms with E-state index in [4.69, 9.17) is 5.11 Å². The summed E-state index contributed by atoms with van der Waals surface area (Å²) in [6.07, 6.45) is 0.201. The molecule has 0 aliphatic rings. The number of carboxylic acids is 1. The van der Waals surface area contributed by atoms with Gasteiger partial charge in [-0.25, -0.2) is 0 Å². The molecule has 0 amide bonds. The Morgan fingerprint density at radius 2 is 1.67 bits per heavy atom. The molecule has 100 valence electrons. The van der Waals surface area contributed by atoms with Crippen molar-refractivity contribution in [2.24, 2.45) is 5.92 Å². The van der Waals surface area contributed by atoms with E-state index in [1.807, 2.05) is 0 Å². The van der Waals surface area contributed by atoms with Crippen molar-refractivity contribution in [1.29, 1.82) is 0 Å². The molecule has 0 saturated heterocycles. The van der Waals surface area contributed by atoms with Crippen LogP contribution in [0.5, 0.6) is 0 Å². The minimum Gasteiger partial charge on any atom is -0.481 e. The largest absolute Gasteiger partial charge is 0.481 e. The van der Waals surface area contributed by atoms with E-state index >= 15 is 0 Å². The summed E-state index contributed by atoms with van der Waals surface area (Å²) in [6, 6.07) is 8.39. The summed E-state index contributed by atoms with van der Waals surface area (Å²) in [5, 5.41) is 8.98. The van der Waals surface area contributed by atoms with Gasteiger partial charge in [-0.1, -0.05) is 58.9 Å². The summed E-state index contributed by atoms with van der Waals surface area (Å²) in [4.78, 5) is 10.9. The molecule has 0 fully saturated rings. The summed E-state index contributed by atoms with van der Waals surface area (Å²) in [7, 11) is 0. The highest BCUT2D eigenvalue weighted by Gasteiger charge is 2.20. The molecule has 0 bridgehead atoms. The van der Waals surface area contributed by atoms with E-state index < -0.39 is 5.97 Å². The van der Waals surface area contributed by atoms with Crippen LogP contribution in [0.4, 0.5) is 0 Å². The quantitative estimate of drug-likeness (QED) is 0.867. The Morgan fingerprint density at radius 1 is 1.17 bits per heavy atom. The molecule has 1 unspecified atom stereocenters. The van der Waals surface area contributed by atoms with E-state index in [0.29, 0.717) is 5.92 Å². The highest BCUT2D eigenvalue weighted by molar-refractivity contribution is 5.68. The lowest BCUT2D eigenvalue weighted by atomic mass is 9.82. The van der Waals surface area contributed by atoms with Crippen LogP contribution in [-0.2, 0) is 10.2 Å². The Hall–Kier alpha value is -1.31. The Morgan fingerprint density at radius 3 is 2.00 bits per heavy atom. The Balaban J connectivity index is 2.97. The van der Waals surface area contributed by atoms with Gasteiger partial charge in [-0.05, 0) is 28.4 Å². The Labute approximate surface area is 110 Å². The number of rotatable bonds is 4. The van der Waals surface area contributed by atoms with Gasteiger partial charge in [0.25, 0.3) is 0 Å². The summed E-state index contributed by atoms with van der Waals surface area (Å²) in [5.41, 5.74) is 2.54. The number of benzene rings is 1. The molecule has 1 atom stereocenters. The molecule has 0 aliphatic heterocycles. The number of carbonyl (C=O) groups is 1. The van der Waals surface area contributed by atoms with Crippen molar-refractivity contribution in [1.82, 2.24) is 0 Å². The smallest absolute Gasteiger partial charge is 0.303 e. The molecular formula is C16H24O2. The van der Waals surface area contributed by atoms with Crippen LogP contribution < -0.4 is 0 Å². The molecule has 0 radical (unpaired) electrons. The average Bonchev–Trinajstić information content (AvgIpc) is 2.24. The highest BCUT2D eigenvalue weighted by atomic mass is 16.4. The van der Waals surface area contributed by atoms with Gasteiger partial charge in [0.05, 0.1) is 6.42 Å². The molecule has 1 aromatic rings. The second kappa shape index (κ2) is 5.55. The van der Waals surface area contributed by atoms with Gasteiger partial charge in [-0.2, -0.15) is 0 Å². The second-order valence-electron chi connectivity index (χ2n) is 6.32. The van der Waals surface area contributed by atoms with Gasteiger partial charge in [0.2, 0.25) is 0 Å². The molecule has 1 N–H and O–H groups in total. The molecule has 0 saturated carbocycles. The van der Waals surface area contributed by atoms with Crippen LogP contribution in [0.3, 0.4) is 0 Å². The van der Waals surface area contributed by atoms with Gasteiger partial charge in [0.1, 0.15) is 0 Å². The van der Waals surface area contributed by atoms with Crippen molar-refractivity contribution >= 4 is 5.97 Å². The van der Waals surface area contributed by atoms with Gasteiger partial charge in [-0.15, -0.1) is 0 Å². The van der Waals surface area contributed by atoms with Gasteiger partial charge in [0.15, 0.2) is 0 Å². The van der Waals surface area contributed by atoms with Crippen molar-refractivity contribution in [2.45, 2.75) is 52.4 Å². The first-order valence-electron chi connectivity index (χ1n) is 6.54. The lowest BCUT2D eigenvalue weighted by molar-refractivity contribution is -0.137. The highest BCUT2D eigenvalue weighted by Crippen LogP contribution is 2.30. The van der Waals surface area contributed by atoms with Crippen molar-refractivity contribution in [2.75, 3.05) is 0 Å². The third-order valence-electron chi connectivity index (χ3n) is 3.40. The first-order valence-corrected chi connectivity index (χ1v) is 6.54. The van der Waals surface area contributed by atoms with E-state index in [1.54, 1.807) is 0 Å². The van der Waals surface area contributed by atoms with Crippen molar-refractivity contribution in [3.8, 4) is 0 Å². The topological polar surface area (TPSA) is 37.3 Å². The number of hydrogen-bond donors (Lipinski definition) is 1. The number of carboxylic acid groups (broad SMARTS) is 1. The molecule has 1 rings (SSSR count). The van der Waals surface area contributed by atoms with Gasteiger partial charge >= 0.3 is 5.97 Å². The monoisotopic (exact) mass is 248 g/mol. The van der Waals surface area contributed by atoms with Crippen molar-refractivity contribution in [3.05, 3.63) is 35.4 Å². The molecule has 18 heavy (non-hydrogen) atoms. The standard InChI is InChI=1S/C16H24O2/c1-11(2)14(10-15(17)18)12-6-8-13(9-7-12)16(3,4)5/h6-9,11,14H,10H2,1-5H3,(H,17,18). The van der Waals surface area contributed by atoms with Gasteiger partial charge < -0.3 is 5.11 Å². The molecule has 2 nitrogen and oxygen atoms in total. The van der Waals surface area contributed by atoms with Crippen molar-refractivity contribution in [3.63, 3.8) is 0 Å². The summed E-state index contributed by atoms with van der Waals surface area (Å²) < 4.78 is 0. The SMILES string of the molecule is CC(C)C(CC(=O)O)c1ccc(C(C)(C)C)cc1. The fourth-order valence-corrected chi connectivity index (χ4v) is 2.16. The third-order valence-corrected chi connectivity index (χ3v) is 3.40. The summed E-state index contributed by atoms with van der Waals surface area (Å²) in [5.74, 6) is -0.299. The maximum atomic E-state index is 10.9. The molecule has 0 aliphatic carbocycles. The zero-order valence-electron chi connectivity index (χ0n) is 12.0. The van der Waals surface area contributed by atoms with E-state index in [2.05, 4.69) is 58.9 Å². The molecule has 0 heterocycles.